The number of hydrogen-bond acceptors (Lipinski definition) is 6. The smallest absolute Gasteiger partial charge is 0.105 e. The van der Waals surface area contributed by atoms with Crippen LogP contribution in [0.4, 0.5) is 0 Å². The van der Waals surface area contributed by atoms with Crippen LogP contribution in [0.5, 0.6) is 0 Å². The Labute approximate surface area is 175 Å². The summed E-state index contributed by atoms with van der Waals surface area (Å²) in [5, 5.41) is 13.3. The predicted molar refractivity (Wildman–Crippen MR) is 120 cm³/mol. The lowest BCUT2D eigenvalue weighted by atomic mass is 10.1. The topological polar surface area (TPSA) is 70.5 Å². The number of aryl methyl sites for hydroxylation is 1. The quantitative estimate of drug-likeness (QED) is 0.603. The fourth-order valence-corrected chi connectivity index (χ4v) is 3.03. The van der Waals surface area contributed by atoms with Gasteiger partial charge in [-0.1, -0.05) is 19.6 Å². The second kappa shape index (κ2) is 9.65. The number of benzene rings is 1. The maximum Gasteiger partial charge on any atom is 0.105 e. The molecule has 0 saturated carbocycles. The van der Waals surface area contributed by atoms with Gasteiger partial charge in [0.25, 0.3) is 0 Å². The zero-order valence-corrected chi connectivity index (χ0v) is 18.7. The molecule has 2 rings (SSSR count). The van der Waals surface area contributed by atoms with Crippen molar-refractivity contribution in [3.05, 3.63) is 42.2 Å². The van der Waals surface area contributed by atoms with Crippen LogP contribution in [0, 0.1) is 6.92 Å². The van der Waals surface area contributed by atoms with Gasteiger partial charge in [0.05, 0.1) is 40.7 Å². The van der Waals surface area contributed by atoms with Crippen molar-refractivity contribution in [1.29, 1.82) is 0 Å². The van der Waals surface area contributed by atoms with E-state index in [1.54, 1.807) is 20.0 Å². The van der Waals surface area contributed by atoms with E-state index in [9.17, 15) is 5.11 Å². The number of aromatic nitrogens is 2. The molecule has 0 saturated heterocycles. The van der Waals surface area contributed by atoms with E-state index in [1.165, 1.54) is 5.56 Å². The van der Waals surface area contributed by atoms with Gasteiger partial charge in [-0.05, 0) is 58.9 Å². The van der Waals surface area contributed by atoms with E-state index in [0.717, 1.165) is 48.6 Å². The van der Waals surface area contributed by atoms with Crippen molar-refractivity contribution >= 4 is 16.7 Å². The molecule has 0 aliphatic heterocycles. The molecule has 0 atom stereocenters. The maximum atomic E-state index is 9.89. The summed E-state index contributed by atoms with van der Waals surface area (Å²) in [7, 11) is 0. The molecule has 1 aromatic carbocycles. The summed E-state index contributed by atoms with van der Waals surface area (Å²) in [6.45, 7) is 19.5. The molecule has 160 valence electrons. The number of ether oxygens (including phenoxy) is 1. The van der Waals surface area contributed by atoms with E-state index in [1.807, 2.05) is 25.1 Å². The van der Waals surface area contributed by atoms with E-state index < -0.39 is 5.60 Å². The first-order valence-electron chi connectivity index (χ1n) is 10.2. The molecule has 2 N–H and O–H groups in total. The first-order valence-corrected chi connectivity index (χ1v) is 10.2. The fraction of sp³-hybridized carbons (Fsp3) is 0.565. The second-order valence-corrected chi connectivity index (χ2v) is 8.88. The summed E-state index contributed by atoms with van der Waals surface area (Å²) < 4.78 is 5.92. The Morgan fingerprint density at radius 3 is 2.62 bits per heavy atom. The number of hydrogen-bond donors (Lipinski definition) is 2. The van der Waals surface area contributed by atoms with Crippen molar-refractivity contribution in [3.63, 3.8) is 0 Å². The molecule has 0 radical (unpaired) electrons. The van der Waals surface area contributed by atoms with Gasteiger partial charge in [0.15, 0.2) is 0 Å². The van der Waals surface area contributed by atoms with Crippen LogP contribution in [-0.4, -0.2) is 64.0 Å². The summed E-state index contributed by atoms with van der Waals surface area (Å²) in [5.74, 6) is 0. The van der Waals surface area contributed by atoms with Crippen LogP contribution < -0.4 is 5.32 Å². The monoisotopic (exact) mass is 400 g/mol. The molecule has 6 nitrogen and oxygen atoms in total. The lowest BCUT2D eigenvalue weighted by molar-refractivity contribution is -0.101. The molecule has 2 aromatic rings. The highest BCUT2D eigenvalue weighted by Gasteiger charge is 2.25. The third kappa shape index (κ3) is 7.72. The molecule has 1 heterocycles. The van der Waals surface area contributed by atoms with Crippen molar-refractivity contribution in [2.45, 2.75) is 52.7 Å². The third-order valence-electron chi connectivity index (χ3n) is 4.64. The Morgan fingerprint density at radius 2 is 1.97 bits per heavy atom. The molecule has 0 unspecified atom stereocenters. The second-order valence-electron chi connectivity index (χ2n) is 8.88. The minimum atomic E-state index is -0.826. The van der Waals surface area contributed by atoms with Crippen molar-refractivity contribution in [2.75, 3.05) is 32.8 Å². The largest absolute Gasteiger partial charge is 0.388 e. The highest BCUT2D eigenvalue weighted by molar-refractivity contribution is 5.76. The molecular weight excluding hydrogens is 364 g/mol. The number of nitrogens with one attached hydrogen (secondary N) is 1. The first kappa shape index (κ1) is 23.3. The van der Waals surface area contributed by atoms with Crippen molar-refractivity contribution < 1.29 is 9.84 Å². The van der Waals surface area contributed by atoms with Gasteiger partial charge >= 0.3 is 0 Å². The zero-order chi connectivity index (χ0) is 21.7. The number of fused-ring (bicyclic) bond motifs is 1. The standard InChI is InChI=1S/C23H36N4O2/c1-8-27(15-23(6,7)29-16-22(4,5)28)12-11-24-18(3)21-14-25-20-13-17(2)9-10-19(20)26-21/h9-10,13-14,24,28H,3,8,11-12,15-16H2,1-2,4-7H3. The van der Waals surface area contributed by atoms with E-state index in [4.69, 9.17) is 4.74 Å². The fourth-order valence-electron chi connectivity index (χ4n) is 3.03. The Morgan fingerprint density at radius 1 is 1.24 bits per heavy atom. The highest BCUT2D eigenvalue weighted by atomic mass is 16.5. The number of rotatable bonds is 11. The van der Waals surface area contributed by atoms with Gasteiger partial charge in [-0.25, -0.2) is 4.98 Å². The van der Waals surface area contributed by atoms with E-state index >= 15 is 0 Å². The SMILES string of the molecule is C=C(NCCN(CC)CC(C)(C)OCC(C)(C)O)c1cnc2cc(C)ccc2n1. The molecule has 0 aliphatic carbocycles. The Kier molecular flexibility index (Phi) is 7.74. The molecule has 0 bridgehead atoms. The number of aliphatic hydroxyl groups is 1. The van der Waals surface area contributed by atoms with Gasteiger partial charge < -0.3 is 15.2 Å². The van der Waals surface area contributed by atoms with E-state index in [2.05, 4.69) is 47.5 Å². The van der Waals surface area contributed by atoms with E-state index in [0.29, 0.717) is 6.61 Å². The first-order chi connectivity index (χ1) is 13.5. The van der Waals surface area contributed by atoms with Crippen LogP contribution in [0.1, 0.15) is 45.9 Å². The van der Waals surface area contributed by atoms with Crippen LogP contribution in [0.2, 0.25) is 0 Å². The lowest BCUT2D eigenvalue weighted by Crippen LogP contribution is -2.45. The van der Waals surface area contributed by atoms with Gasteiger partial charge in [0, 0.05) is 19.6 Å². The number of likely N-dealkylation sites (N-methyl/N-ethyl adjacent to an activating group) is 1. The molecule has 29 heavy (non-hydrogen) atoms. The van der Waals surface area contributed by atoms with Crippen molar-refractivity contribution in [3.8, 4) is 0 Å². The maximum absolute atomic E-state index is 9.89. The van der Waals surface area contributed by atoms with Gasteiger partial charge in [0.1, 0.15) is 5.69 Å². The zero-order valence-electron chi connectivity index (χ0n) is 18.7. The molecule has 0 amide bonds. The Bertz CT molecular complexity index is 827. The van der Waals surface area contributed by atoms with Gasteiger partial charge in [-0.15, -0.1) is 0 Å². The summed E-state index contributed by atoms with van der Waals surface area (Å²) in [6.07, 6.45) is 1.77. The number of nitrogens with zero attached hydrogens (tertiary/aromatic N) is 3. The van der Waals surface area contributed by atoms with Crippen LogP contribution in [0.15, 0.2) is 31.0 Å². The van der Waals surface area contributed by atoms with Crippen LogP contribution in [-0.2, 0) is 4.74 Å². The molecule has 1 aromatic heterocycles. The summed E-state index contributed by atoms with van der Waals surface area (Å²) in [5.41, 5.74) is 3.31. The minimum Gasteiger partial charge on any atom is -0.388 e. The molecule has 0 fully saturated rings. The van der Waals surface area contributed by atoms with Gasteiger partial charge in [-0.2, -0.15) is 0 Å². The molecule has 0 aliphatic rings. The van der Waals surface area contributed by atoms with Crippen molar-refractivity contribution in [1.82, 2.24) is 20.2 Å². The summed E-state index contributed by atoms with van der Waals surface area (Å²) in [6, 6.07) is 6.06. The van der Waals surface area contributed by atoms with Crippen LogP contribution in [0.3, 0.4) is 0 Å². The molecular formula is C23H36N4O2. The Balaban J connectivity index is 1.87. The summed E-state index contributed by atoms with van der Waals surface area (Å²) in [4.78, 5) is 11.5. The van der Waals surface area contributed by atoms with E-state index in [-0.39, 0.29) is 5.60 Å². The van der Waals surface area contributed by atoms with Gasteiger partial charge in [0.2, 0.25) is 0 Å². The summed E-state index contributed by atoms with van der Waals surface area (Å²) >= 11 is 0. The Hall–Kier alpha value is -2.02. The van der Waals surface area contributed by atoms with Gasteiger partial charge in [-0.3, -0.25) is 9.88 Å². The predicted octanol–water partition coefficient (Wildman–Crippen LogP) is 3.39. The average Bonchev–Trinajstić information content (AvgIpc) is 2.64. The molecule has 0 spiro atoms. The van der Waals surface area contributed by atoms with Crippen molar-refractivity contribution in [2.24, 2.45) is 0 Å². The third-order valence-corrected chi connectivity index (χ3v) is 4.64. The highest BCUT2D eigenvalue weighted by Crippen LogP contribution is 2.16. The minimum absolute atomic E-state index is 0.312. The normalized spacial score (nSPS) is 12.6. The van der Waals surface area contributed by atoms with Crippen LogP contribution >= 0.6 is 0 Å². The average molecular weight is 401 g/mol. The molecule has 6 heteroatoms. The van der Waals surface area contributed by atoms with Crippen LogP contribution in [0.25, 0.3) is 16.7 Å². The lowest BCUT2D eigenvalue weighted by Gasteiger charge is -2.34.